The predicted octanol–water partition coefficient (Wildman–Crippen LogP) is 3.20. The fourth-order valence-electron chi connectivity index (χ4n) is 2.01. The van der Waals surface area contributed by atoms with Gasteiger partial charge in [-0.05, 0) is 22.0 Å². The average molecular weight is 367 g/mol. The number of aromatic nitrogens is 2. The van der Waals surface area contributed by atoms with Crippen LogP contribution in [-0.2, 0) is 24.6 Å². The number of hydrogen-bond acceptors (Lipinski definition) is 3. The Morgan fingerprint density at radius 2 is 2.14 bits per heavy atom. The molecule has 0 fully saturated rings. The number of benzene rings is 1. The third kappa shape index (κ3) is 2.62. The van der Waals surface area contributed by atoms with Gasteiger partial charge in [0.05, 0.1) is 11.1 Å². The van der Waals surface area contributed by atoms with Crippen molar-refractivity contribution in [2.45, 2.75) is 12.8 Å². The Bertz CT molecular complexity index is 725. The maximum atomic E-state index is 13.0. The molecule has 1 heterocycles. The van der Waals surface area contributed by atoms with Gasteiger partial charge >= 0.3 is 12.1 Å². The van der Waals surface area contributed by atoms with Gasteiger partial charge in [0.15, 0.2) is 0 Å². The number of carboxylic acid groups (broad SMARTS) is 1. The number of imidazole rings is 1. The number of hydrogen-bond donors (Lipinski definition) is 1. The minimum absolute atomic E-state index is 0.0167. The van der Waals surface area contributed by atoms with E-state index in [2.05, 4.69) is 20.9 Å². The van der Waals surface area contributed by atoms with E-state index >= 15 is 0 Å². The summed E-state index contributed by atoms with van der Waals surface area (Å²) in [6.07, 6.45) is -4.68. The van der Waals surface area contributed by atoms with Gasteiger partial charge in [-0.25, -0.2) is 9.78 Å². The second kappa shape index (κ2) is 5.30. The Hall–Kier alpha value is -1.61. The highest BCUT2D eigenvalue weighted by Crippen LogP contribution is 2.40. The summed E-state index contributed by atoms with van der Waals surface area (Å²) in [5.41, 5.74) is -1.51. The zero-order valence-corrected chi connectivity index (χ0v) is 12.5. The number of carbonyl (C=O) groups is 1. The molecular formula is C12H10BrF3N2O3. The molecule has 0 unspecified atom stereocenters. The molecule has 1 aromatic heterocycles. The lowest BCUT2D eigenvalue weighted by atomic mass is 10.1. The average Bonchev–Trinajstić information content (AvgIpc) is 2.64. The van der Waals surface area contributed by atoms with E-state index in [1.807, 2.05) is 0 Å². The number of halogens is 4. The van der Waals surface area contributed by atoms with E-state index in [4.69, 9.17) is 4.74 Å². The van der Waals surface area contributed by atoms with Crippen LogP contribution in [0.1, 0.15) is 21.7 Å². The van der Waals surface area contributed by atoms with Crippen molar-refractivity contribution in [3.8, 4) is 0 Å². The SMILES string of the molecule is COCc1nc2c(C(=O)O)c(Br)c(C(F)(F)F)cc2n1C. The monoisotopic (exact) mass is 366 g/mol. The van der Waals surface area contributed by atoms with E-state index in [0.717, 1.165) is 6.07 Å². The van der Waals surface area contributed by atoms with Crippen LogP contribution in [0.2, 0.25) is 0 Å². The Morgan fingerprint density at radius 3 is 2.62 bits per heavy atom. The maximum absolute atomic E-state index is 13.0. The quantitative estimate of drug-likeness (QED) is 0.905. The summed E-state index contributed by atoms with van der Waals surface area (Å²) >= 11 is 2.73. The Morgan fingerprint density at radius 1 is 1.52 bits per heavy atom. The normalized spacial score (nSPS) is 12.1. The number of alkyl halides is 3. The molecule has 1 N–H and O–H groups in total. The lowest BCUT2D eigenvalue weighted by Crippen LogP contribution is -2.11. The topological polar surface area (TPSA) is 64.3 Å². The Kier molecular flexibility index (Phi) is 3.98. The van der Waals surface area contributed by atoms with Crippen molar-refractivity contribution in [2.24, 2.45) is 7.05 Å². The molecule has 9 heteroatoms. The number of ether oxygens (including phenoxy) is 1. The number of aryl methyl sites for hydroxylation is 1. The molecule has 21 heavy (non-hydrogen) atoms. The minimum Gasteiger partial charge on any atom is -0.478 e. The number of nitrogens with zero attached hydrogens (tertiary/aromatic N) is 2. The number of fused-ring (bicyclic) bond motifs is 1. The van der Waals surface area contributed by atoms with E-state index in [1.54, 1.807) is 0 Å². The van der Waals surface area contributed by atoms with Gasteiger partial charge < -0.3 is 14.4 Å². The molecule has 2 aromatic rings. The number of aromatic carboxylic acids is 1. The standard InChI is InChI=1S/C12H10BrF3N2O3/c1-18-6-3-5(12(14,15)16)9(13)8(11(19)20)10(6)17-7(18)4-21-2/h3H,4H2,1-2H3,(H,19,20). The molecule has 1 aromatic carbocycles. The van der Waals surface area contributed by atoms with Gasteiger partial charge in [0.2, 0.25) is 0 Å². The summed E-state index contributed by atoms with van der Waals surface area (Å²) in [6.45, 7) is 0.0587. The van der Waals surface area contributed by atoms with E-state index in [-0.39, 0.29) is 17.6 Å². The first-order valence-electron chi connectivity index (χ1n) is 5.65. The van der Waals surface area contributed by atoms with Crippen molar-refractivity contribution in [1.29, 1.82) is 0 Å². The van der Waals surface area contributed by atoms with Crippen LogP contribution >= 0.6 is 15.9 Å². The van der Waals surface area contributed by atoms with E-state index < -0.39 is 27.7 Å². The Balaban J connectivity index is 2.90. The molecule has 0 aliphatic carbocycles. The van der Waals surface area contributed by atoms with Gasteiger partial charge in [-0.3, -0.25) is 0 Å². The minimum atomic E-state index is -4.68. The summed E-state index contributed by atoms with van der Waals surface area (Å²) in [6, 6.07) is 0.873. The van der Waals surface area contributed by atoms with Crippen molar-refractivity contribution in [3.63, 3.8) is 0 Å². The number of rotatable bonds is 3. The highest BCUT2D eigenvalue weighted by atomic mass is 79.9. The van der Waals surface area contributed by atoms with Crippen LogP contribution in [0.5, 0.6) is 0 Å². The highest BCUT2D eigenvalue weighted by molar-refractivity contribution is 9.10. The van der Waals surface area contributed by atoms with Crippen LogP contribution in [0.25, 0.3) is 11.0 Å². The van der Waals surface area contributed by atoms with Crippen molar-refractivity contribution >= 4 is 32.9 Å². The van der Waals surface area contributed by atoms with Crippen LogP contribution < -0.4 is 0 Å². The van der Waals surface area contributed by atoms with Crippen molar-refractivity contribution < 1.29 is 27.8 Å². The van der Waals surface area contributed by atoms with E-state index in [9.17, 15) is 23.1 Å². The van der Waals surface area contributed by atoms with Crippen LogP contribution in [0.3, 0.4) is 0 Å². The molecule has 0 aliphatic rings. The second-order valence-corrected chi connectivity index (χ2v) is 5.10. The third-order valence-electron chi connectivity index (χ3n) is 3.00. The number of methoxy groups -OCH3 is 1. The third-order valence-corrected chi connectivity index (χ3v) is 3.82. The molecule has 2 rings (SSSR count). The molecule has 0 saturated heterocycles. The zero-order chi connectivity index (χ0) is 15.9. The second-order valence-electron chi connectivity index (χ2n) is 4.30. The van der Waals surface area contributed by atoms with Crippen molar-refractivity contribution in [3.05, 3.63) is 27.5 Å². The summed E-state index contributed by atoms with van der Waals surface area (Å²) < 4.78 is 44.8. The zero-order valence-electron chi connectivity index (χ0n) is 11.0. The van der Waals surface area contributed by atoms with Crippen LogP contribution in [-0.4, -0.2) is 27.7 Å². The van der Waals surface area contributed by atoms with Gasteiger partial charge in [-0.2, -0.15) is 13.2 Å². The van der Waals surface area contributed by atoms with Gasteiger partial charge in [-0.1, -0.05) is 0 Å². The lowest BCUT2D eigenvalue weighted by Gasteiger charge is -2.12. The lowest BCUT2D eigenvalue weighted by molar-refractivity contribution is -0.138. The largest absolute Gasteiger partial charge is 0.478 e. The molecule has 0 spiro atoms. The Labute approximate surface area is 125 Å². The molecule has 0 amide bonds. The van der Waals surface area contributed by atoms with Gasteiger partial charge in [-0.15, -0.1) is 0 Å². The molecule has 5 nitrogen and oxygen atoms in total. The fourth-order valence-corrected chi connectivity index (χ4v) is 2.70. The van der Waals surface area contributed by atoms with Gasteiger partial charge in [0, 0.05) is 18.6 Å². The van der Waals surface area contributed by atoms with E-state index in [1.165, 1.54) is 18.7 Å². The predicted molar refractivity (Wildman–Crippen MR) is 71.1 cm³/mol. The summed E-state index contributed by atoms with van der Waals surface area (Å²) in [7, 11) is 2.91. The molecule has 114 valence electrons. The molecular weight excluding hydrogens is 357 g/mol. The summed E-state index contributed by atoms with van der Waals surface area (Å²) in [5, 5.41) is 9.21. The van der Waals surface area contributed by atoms with E-state index in [0.29, 0.717) is 5.82 Å². The molecule has 0 aliphatic heterocycles. The highest BCUT2D eigenvalue weighted by Gasteiger charge is 2.37. The van der Waals surface area contributed by atoms with Crippen LogP contribution in [0, 0.1) is 0 Å². The van der Waals surface area contributed by atoms with Crippen molar-refractivity contribution in [2.75, 3.05) is 7.11 Å². The molecule has 0 saturated carbocycles. The summed E-state index contributed by atoms with van der Waals surface area (Å²) in [5.74, 6) is -1.15. The fraction of sp³-hybridized carbons (Fsp3) is 0.333. The molecule has 0 bridgehead atoms. The van der Waals surface area contributed by atoms with Gasteiger partial charge in [0.1, 0.15) is 23.5 Å². The van der Waals surface area contributed by atoms with Crippen LogP contribution in [0.15, 0.2) is 10.5 Å². The smallest absolute Gasteiger partial charge is 0.417 e. The first kappa shape index (κ1) is 15.8. The summed E-state index contributed by atoms with van der Waals surface area (Å²) in [4.78, 5) is 15.4. The van der Waals surface area contributed by atoms with Gasteiger partial charge in [0.25, 0.3) is 0 Å². The first-order chi connectivity index (χ1) is 9.68. The maximum Gasteiger partial charge on any atom is 0.417 e. The van der Waals surface area contributed by atoms with Crippen LogP contribution in [0.4, 0.5) is 13.2 Å². The number of carboxylic acids is 1. The van der Waals surface area contributed by atoms with Crippen molar-refractivity contribution in [1.82, 2.24) is 9.55 Å². The molecule has 0 atom stereocenters. The molecule has 0 radical (unpaired) electrons. The first-order valence-corrected chi connectivity index (χ1v) is 6.45.